The van der Waals surface area contributed by atoms with Gasteiger partial charge in [-0.2, -0.15) is 0 Å². The fourth-order valence-corrected chi connectivity index (χ4v) is 1.35. The smallest absolute Gasteiger partial charge is 0.493 e. The van der Waals surface area contributed by atoms with Crippen molar-refractivity contribution in [2.75, 3.05) is 26.3 Å². The van der Waals surface area contributed by atoms with Crippen molar-refractivity contribution < 1.29 is 27.4 Å². The number of benzene rings is 1. The maximum atomic E-state index is 12.5. The second-order valence-electron chi connectivity index (χ2n) is 3.22. The Hall–Kier alpha value is -1.83. The lowest BCUT2D eigenvalue weighted by molar-refractivity contribution is -0.129. The molecule has 0 spiro atoms. The zero-order valence-electron chi connectivity index (χ0n) is 10.0. The van der Waals surface area contributed by atoms with E-state index in [4.69, 9.17) is 20.1 Å². The van der Waals surface area contributed by atoms with E-state index in [-0.39, 0.29) is 27.9 Å². The van der Waals surface area contributed by atoms with Gasteiger partial charge < -0.3 is 14.2 Å². The number of alkyl halides is 3. The van der Waals surface area contributed by atoms with E-state index in [0.29, 0.717) is 0 Å². The summed E-state index contributed by atoms with van der Waals surface area (Å²) >= 11 is 0. The topological polar surface area (TPSA) is 57.0 Å². The summed E-state index contributed by atoms with van der Waals surface area (Å²) in [4.78, 5) is 0. The average Bonchev–Trinajstić information content (AvgIpc) is 2.34. The van der Waals surface area contributed by atoms with Crippen LogP contribution in [0.2, 0.25) is 0 Å². The fraction of sp³-hybridized carbons (Fsp3) is 0.400. The first kappa shape index (κ1) is 14.2. The lowest BCUT2D eigenvalue weighted by Crippen LogP contribution is -2.43. The molecule has 1 rings (SSSR count). The number of hydrogen-bond acceptors (Lipinski definition) is 5. The van der Waals surface area contributed by atoms with Crippen LogP contribution in [0.4, 0.5) is 18.9 Å². The Balaban J connectivity index is 3.32. The van der Waals surface area contributed by atoms with E-state index in [2.05, 4.69) is 0 Å². The molecule has 0 heterocycles. The number of nitrogens with zero attached hydrogens (tertiary/aromatic N) is 1. The Labute approximate surface area is 102 Å². The van der Waals surface area contributed by atoms with Crippen molar-refractivity contribution in [3.63, 3.8) is 0 Å². The summed E-state index contributed by atoms with van der Waals surface area (Å²) in [5.41, 5.74) is -0.322. The van der Waals surface area contributed by atoms with E-state index in [1.807, 2.05) is 0 Å². The molecule has 0 aliphatic carbocycles. The molecule has 8 heteroatoms. The molecule has 0 aromatic heterocycles. The molecule has 1 aromatic carbocycles. The molecular formula is C10H13F3N2O3. The first-order chi connectivity index (χ1) is 8.35. The van der Waals surface area contributed by atoms with Crippen LogP contribution in [0.25, 0.3) is 0 Å². The highest BCUT2D eigenvalue weighted by Crippen LogP contribution is 2.41. The minimum absolute atomic E-state index is 0.0894. The van der Waals surface area contributed by atoms with Crippen LogP contribution in [0.1, 0.15) is 0 Å². The average molecular weight is 266 g/mol. The maximum Gasteiger partial charge on any atom is 0.498 e. The Bertz CT molecular complexity index is 398. The summed E-state index contributed by atoms with van der Waals surface area (Å²) in [6, 6.07) is 2.21. The van der Waals surface area contributed by atoms with Crippen molar-refractivity contribution in [1.29, 1.82) is 0 Å². The van der Waals surface area contributed by atoms with E-state index in [1.54, 1.807) is 0 Å². The number of halogens is 3. The third-order valence-electron chi connectivity index (χ3n) is 2.20. The molecule has 0 saturated heterocycles. The van der Waals surface area contributed by atoms with Crippen LogP contribution in [0.5, 0.6) is 17.2 Å². The summed E-state index contributed by atoms with van der Waals surface area (Å²) < 4.78 is 52.3. The molecule has 1 aromatic rings. The Morgan fingerprint density at radius 1 is 1.00 bits per heavy atom. The van der Waals surface area contributed by atoms with Gasteiger partial charge in [0.05, 0.1) is 27.0 Å². The van der Waals surface area contributed by atoms with E-state index in [1.165, 1.54) is 21.3 Å². The van der Waals surface area contributed by atoms with Crippen LogP contribution < -0.4 is 25.1 Å². The van der Waals surface area contributed by atoms with Gasteiger partial charge in [-0.25, -0.2) is 10.9 Å². The van der Waals surface area contributed by atoms with Crippen LogP contribution in [-0.2, 0) is 0 Å². The molecule has 2 N–H and O–H groups in total. The third kappa shape index (κ3) is 2.70. The number of hydrazine groups is 1. The second-order valence-corrected chi connectivity index (χ2v) is 3.22. The van der Waals surface area contributed by atoms with Crippen molar-refractivity contribution in [3.8, 4) is 17.2 Å². The van der Waals surface area contributed by atoms with E-state index < -0.39 is 6.30 Å². The first-order valence-corrected chi connectivity index (χ1v) is 4.76. The minimum atomic E-state index is -4.70. The van der Waals surface area contributed by atoms with Gasteiger partial charge in [-0.15, -0.1) is 13.2 Å². The molecular weight excluding hydrogens is 253 g/mol. The van der Waals surface area contributed by atoms with Crippen molar-refractivity contribution in [2.24, 2.45) is 5.84 Å². The molecule has 0 radical (unpaired) electrons. The SMILES string of the molecule is COc1cc(N(N)C(F)(F)F)cc(OC)c1OC. The highest BCUT2D eigenvalue weighted by atomic mass is 19.4. The number of nitrogens with two attached hydrogens (primary N) is 1. The summed E-state index contributed by atoms with van der Waals surface area (Å²) in [6.45, 7) is 0. The molecule has 0 amide bonds. The number of rotatable bonds is 4. The predicted molar refractivity (Wildman–Crippen MR) is 58.8 cm³/mol. The van der Waals surface area contributed by atoms with E-state index >= 15 is 0 Å². The fourth-order valence-electron chi connectivity index (χ4n) is 1.35. The molecule has 0 fully saturated rings. The van der Waals surface area contributed by atoms with Crippen LogP contribution in [-0.4, -0.2) is 27.6 Å². The summed E-state index contributed by atoms with van der Waals surface area (Å²) in [5, 5.41) is -0.336. The van der Waals surface area contributed by atoms with Gasteiger partial charge in [-0.05, 0) is 0 Å². The molecule has 18 heavy (non-hydrogen) atoms. The lowest BCUT2D eigenvalue weighted by atomic mass is 10.2. The van der Waals surface area contributed by atoms with Crippen molar-refractivity contribution in [2.45, 2.75) is 6.30 Å². The molecule has 0 atom stereocenters. The maximum absolute atomic E-state index is 12.5. The number of hydrogen-bond donors (Lipinski definition) is 1. The third-order valence-corrected chi connectivity index (χ3v) is 2.20. The van der Waals surface area contributed by atoms with Gasteiger partial charge >= 0.3 is 6.30 Å². The highest BCUT2D eigenvalue weighted by molar-refractivity contribution is 5.63. The molecule has 0 aliphatic rings. The molecule has 102 valence electrons. The van der Waals surface area contributed by atoms with Gasteiger partial charge in [0.15, 0.2) is 11.5 Å². The van der Waals surface area contributed by atoms with Gasteiger partial charge in [0.25, 0.3) is 0 Å². The number of methoxy groups -OCH3 is 3. The van der Waals surface area contributed by atoms with Crippen LogP contribution in [0.15, 0.2) is 12.1 Å². The van der Waals surface area contributed by atoms with E-state index in [9.17, 15) is 13.2 Å². The molecule has 0 bridgehead atoms. The Morgan fingerprint density at radius 2 is 1.44 bits per heavy atom. The second kappa shape index (κ2) is 5.21. The van der Waals surface area contributed by atoms with Gasteiger partial charge in [0, 0.05) is 12.1 Å². The first-order valence-electron chi connectivity index (χ1n) is 4.76. The minimum Gasteiger partial charge on any atom is -0.493 e. The molecule has 5 nitrogen and oxygen atoms in total. The monoisotopic (exact) mass is 266 g/mol. The predicted octanol–water partition coefficient (Wildman–Crippen LogP) is 1.91. The summed E-state index contributed by atoms with van der Waals surface area (Å²) in [5.74, 6) is 5.34. The summed E-state index contributed by atoms with van der Waals surface area (Å²) in [6.07, 6.45) is -4.70. The van der Waals surface area contributed by atoms with Crippen molar-refractivity contribution >= 4 is 5.69 Å². The molecule has 0 saturated carbocycles. The van der Waals surface area contributed by atoms with Crippen LogP contribution in [0.3, 0.4) is 0 Å². The van der Waals surface area contributed by atoms with Gasteiger partial charge in [-0.3, -0.25) is 0 Å². The quantitative estimate of drug-likeness (QED) is 0.512. The number of anilines is 1. The van der Waals surface area contributed by atoms with Crippen molar-refractivity contribution in [1.82, 2.24) is 0 Å². The van der Waals surface area contributed by atoms with Gasteiger partial charge in [-0.1, -0.05) is 0 Å². The number of ether oxygens (including phenoxy) is 3. The molecule has 0 aliphatic heterocycles. The van der Waals surface area contributed by atoms with Crippen molar-refractivity contribution in [3.05, 3.63) is 12.1 Å². The molecule has 0 unspecified atom stereocenters. The Morgan fingerprint density at radius 3 is 1.72 bits per heavy atom. The lowest BCUT2D eigenvalue weighted by Gasteiger charge is -2.23. The summed E-state index contributed by atoms with van der Waals surface area (Å²) in [7, 11) is 3.95. The zero-order chi connectivity index (χ0) is 13.9. The zero-order valence-corrected chi connectivity index (χ0v) is 10.0. The van der Waals surface area contributed by atoms with E-state index in [0.717, 1.165) is 12.1 Å². The van der Waals surface area contributed by atoms with Gasteiger partial charge in [0.2, 0.25) is 5.75 Å². The van der Waals surface area contributed by atoms with Crippen LogP contribution in [0, 0.1) is 0 Å². The highest BCUT2D eigenvalue weighted by Gasteiger charge is 2.36. The standard InChI is InChI=1S/C10H13F3N2O3/c1-16-7-4-6(15(14)10(11,12)13)5-8(17-2)9(7)18-3/h4-5H,14H2,1-3H3. The largest absolute Gasteiger partial charge is 0.498 e. The van der Waals surface area contributed by atoms with Crippen LogP contribution >= 0.6 is 0 Å². The van der Waals surface area contributed by atoms with Gasteiger partial charge in [0.1, 0.15) is 0 Å². The normalized spacial score (nSPS) is 11.1. The Kier molecular flexibility index (Phi) is 4.12.